The number of piperidine rings is 2. The Morgan fingerprint density at radius 1 is 0.944 bits per heavy atom. The van der Waals surface area contributed by atoms with Gasteiger partial charge in [-0.3, -0.25) is 4.79 Å². The zero-order valence-corrected chi connectivity index (χ0v) is 10.5. The van der Waals surface area contributed by atoms with Crippen LogP contribution in [0.3, 0.4) is 0 Å². The van der Waals surface area contributed by atoms with Crippen molar-refractivity contribution in [2.24, 2.45) is 11.7 Å². The van der Waals surface area contributed by atoms with Gasteiger partial charge in [-0.15, -0.1) is 0 Å². The molecular weight excluding hydrogens is 234 g/mol. The summed E-state index contributed by atoms with van der Waals surface area (Å²) < 4.78 is 0. The van der Waals surface area contributed by atoms with E-state index in [2.05, 4.69) is 0 Å². The number of carbonyl (C=O) groups is 2. The van der Waals surface area contributed by atoms with Crippen molar-refractivity contribution in [2.45, 2.75) is 31.7 Å². The largest absolute Gasteiger partial charge is 0.481 e. The first-order valence-electron chi connectivity index (χ1n) is 6.60. The minimum absolute atomic E-state index is 0.0470. The topological polar surface area (TPSA) is 86.9 Å². The average Bonchev–Trinajstić information content (AvgIpc) is 2.39. The van der Waals surface area contributed by atoms with E-state index in [1.807, 2.05) is 4.90 Å². The fraction of sp³-hybridized carbons (Fsp3) is 0.833. The third kappa shape index (κ3) is 2.93. The van der Waals surface area contributed by atoms with Crippen molar-refractivity contribution in [2.75, 3.05) is 26.2 Å². The minimum Gasteiger partial charge on any atom is -0.481 e. The number of nitrogens with zero attached hydrogens (tertiary/aromatic N) is 2. The molecule has 2 aliphatic heterocycles. The number of likely N-dealkylation sites (tertiary alicyclic amines) is 2. The van der Waals surface area contributed by atoms with Gasteiger partial charge in [-0.1, -0.05) is 0 Å². The van der Waals surface area contributed by atoms with Gasteiger partial charge in [-0.2, -0.15) is 0 Å². The van der Waals surface area contributed by atoms with Crippen LogP contribution in [0.15, 0.2) is 0 Å². The summed E-state index contributed by atoms with van der Waals surface area (Å²) in [5, 5.41) is 8.91. The third-order valence-corrected chi connectivity index (χ3v) is 3.92. The Bertz CT molecular complexity index is 319. The maximum atomic E-state index is 12.2. The van der Waals surface area contributed by atoms with Gasteiger partial charge in [-0.25, -0.2) is 4.79 Å². The molecule has 0 radical (unpaired) electrons. The highest BCUT2D eigenvalue weighted by molar-refractivity contribution is 5.75. The molecular formula is C12H21N3O3. The fourth-order valence-electron chi connectivity index (χ4n) is 2.61. The van der Waals surface area contributed by atoms with Crippen molar-refractivity contribution in [3.05, 3.63) is 0 Å². The third-order valence-electron chi connectivity index (χ3n) is 3.92. The standard InChI is InChI=1S/C12H21N3O3/c13-10-3-7-15(8-4-10)12(18)14-5-1-9(2-6-14)11(16)17/h9-10H,1-8,13H2,(H,16,17). The van der Waals surface area contributed by atoms with Gasteiger partial charge in [0.1, 0.15) is 0 Å². The normalized spacial score (nSPS) is 23.2. The van der Waals surface area contributed by atoms with Crippen LogP contribution >= 0.6 is 0 Å². The molecule has 6 nitrogen and oxygen atoms in total. The summed E-state index contributed by atoms with van der Waals surface area (Å²) in [6.45, 7) is 2.55. The molecule has 0 saturated carbocycles. The van der Waals surface area contributed by atoms with E-state index in [4.69, 9.17) is 10.8 Å². The van der Waals surface area contributed by atoms with Crippen LogP contribution in [0.4, 0.5) is 4.79 Å². The van der Waals surface area contributed by atoms with Crippen LogP contribution in [0.5, 0.6) is 0 Å². The van der Waals surface area contributed by atoms with Crippen molar-refractivity contribution in [1.82, 2.24) is 9.80 Å². The number of rotatable bonds is 1. The SMILES string of the molecule is NC1CCN(C(=O)N2CCC(C(=O)O)CC2)CC1. The Morgan fingerprint density at radius 2 is 1.39 bits per heavy atom. The Hall–Kier alpha value is -1.30. The maximum Gasteiger partial charge on any atom is 0.319 e. The monoisotopic (exact) mass is 255 g/mol. The van der Waals surface area contributed by atoms with Gasteiger partial charge in [0, 0.05) is 32.2 Å². The van der Waals surface area contributed by atoms with Crippen LogP contribution in [0.2, 0.25) is 0 Å². The average molecular weight is 255 g/mol. The van der Waals surface area contributed by atoms with E-state index in [0.717, 1.165) is 25.9 Å². The second-order valence-electron chi connectivity index (χ2n) is 5.21. The highest BCUT2D eigenvalue weighted by Crippen LogP contribution is 2.19. The molecule has 18 heavy (non-hydrogen) atoms. The van der Waals surface area contributed by atoms with Gasteiger partial charge in [0.2, 0.25) is 0 Å². The zero-order valence-electron chi connectivity index (χ0n) is 10.5. The summed E-state index contributed by atoms with van der Waals surface area (Å²) in [7, 11) is 0. The van der Waals surface area contributed by atoms with Crippen molar-refractivity contribution in [3.63, 3.8) is 0 Å². The first-order chi connectivity index (χ1) is 8.58. The Kier molecular flexibility index (Phi) is 4.06. The number of hydrogen-bond donors (Lipinski definition) is 2. The molecule has 0 spiro atoms. The van der Waals surface area contributed by atoms with E-state index in [1.54, 1.807) is 4.90 Å². The van der Waals surface area contributed by atoms with Crippen molar-refractivity contribution in [1.29, 1.82) is 0 Å². The molecule has 3 N–H and O–H groups in total. The van der Waals surface area contributed by atoms with Crippen LogP contribution in [0.25, 0.3) is 0 Å². The fourth-order valence-corrected chi connectivity index (χ4v) is 2.61. The first-order valence-corrected chi connectivity index (χ1v) is 6.60. The number of amides is 2. The molecule has 0 aromatic carbocycles. The smallest absolute Gasteiger partial charge is 0.319 e. The minimum atomic E-state index is -0.744. The molecule has 2 aliphatic rings. The molecule has 2 saturated heterocycles. The number of carboxylic acids is 1. The molecule has 0 aromatic heterocycles. The van der Waals surface area contributed by atoms with E-state index in [0.29, 0.717) is 25.9 Å². The van der Waals surface area contributed by atoms with Crippen LogP contribution in [-0.4, -0.2) is 59.1 Å². The van der Waals surface area contributed by atoms with E-state index < -0.39 is 5.97 Å². The van der Waals surface area contributed by atoms with Crippen LogP contribution in [-0.2, 0) is 4.79 Å². The summed E-state index contributed by atoms with van der Waals surface area (Å²) in [5.74, 6) is -1.03. The van der Waals surface area contributed by atoms with Gasteiger partial charge in [-0.05, 0) is 25.7 Å². The Morgan fingerprint density at radius 3 is 1.83 bits per heavy atom. The Labute approximate surface area is 107 Å². The number of aliphatic carboxylic acids is 1. The number of urea groups is 1. The predicted molar refractivity (Wildman–Crippen MR) is 66.1 cm³/mol. The summed E-state index contributed by atoms with van der Waals surface area (Å²) in [6.07, 6.45) is 2.84. The molecule has 0 aliphatic carbocycles. The predicted octanol–water partition coefficient (Wildman–Crippen LogP) is 0.326. The molecule has 2 heterocycles. The van der Waals surface area contributed by atoms with Crippen molar-refractivity contribution in [3.8, 4) is 0 Å². The zero-order chi connectivity index (χ0) is 13.1. The van der Waals surface area contributed by atoms with Gasteiger partial charge >= 0.3 is 12.0 Å². The Balaban J connectivity index is 1.82. The second-order valence-corrected chi connectivity index (χ2v) is 5.21. The lowest BCUT2D eigenvalue weighted by atomic mass is 9.97. The van der Waals surface area contributed by atoms with Crippen molar-refractivity contribution >= 4 is 12.0 Å². The molecule has 2 fully saturated rings. The number of nitrogens with two attached hydrogens (primary N) is 1. The first kappa shape index (κ1) is 13.1. The summed E-state index contributed by atoms with van der Waals surface area (Å²) in [6, 6.07) is 0.262. The molecule has 2 rings (SSSR count). The van der Waals surface area contributed by atoms with Crippen LogP contribution in [0, 0.1) is 5.92 Å². The lowest BCUT2D eigenvalue weighted by Crippen LogP contribution is -2.51. The summed E-state index contributed by atoms with van der Waals surface area (Å²) >= 11 is 0. The molecule has 0 atom stereocenters. The van der Waals surface area contributed by atoms with Crippen LogP contribution in [0.1, 0.15) is 25.7 Å². The van der Waals surface area contributed by atoms with Crippen LogP contribution < -0.4 is 5.73 Å². The number of carboxylic acid groups (broad SMARTS) is 1. The van der Waals surface area contributed by atoms with Gasteiger partial charge in [0.05, 0.1) is 5.92 Å². The molecule has 0 unspecified atom stereocenters. The number of carbonyl (C=O) groups excluding carboxylic acids is 1. The lowest BCUT2D eigenvalue weighted by Gasteiger charge is -2.37. The second kappa shape index (κ2) is 5.56. The molecule has 102 valence electrons. The van der Waals surface area contributed by atoms with E-state index in [-0.39, 0.29) is 18.0 Å². The highest BCUT2D eigenvalue weighted by Gasteiger charge is 2.30. The quantitative estimate of drug-likeness (QED) is 0.706. The van der Waals surface area contributed by atoms with Crippen molar-refractivity contribution < 1.29 is 14.7 Å². The number of hydrogen-bond acceptors (Lipinski definition) is 3. The van der Waals surface area contributed by atoms with Gasteiger partial charge < -0.3 is 20.6 Å². The van der Waals surface area contributed by atoms with Gasteiger partial charge in [0.15, 0.2) is 0 Å². The molecule has 2 amide bonds. The molecule has 6 heteroatoms. The van der Waals surface area contributed by atoms with E-state index >= 15 is 0 Å². The maximum absolute atomic E-state index is 12.2. The van der Waals surface area contributed by atoms with E-state index in [9.17, 15) is 9.59 Å². The summed E-state index contributed by atoms with van der Waals surface area (Å²) in [4.78, 5) is 26.7. The highest BCUT2D eigenvalue weighted by atomic mass is 16.4. The molecule has 0 aromatic rings. The molecule has 0 bridgehead atoms. The lowest BCUT2D eigenvalue weighted by molar-refractivity contribution is -0.143. The van der Waals surface area contributed by atoms with Gasteiger partial charge in [0.25, 0.3) is 0 Å². The summed E-state index contributed by atoms with van der Waals surface area (Å²) in [5.41, 5.74) is 5.81. The van der Waals surface area contributed by atoms with E-state index in [1.165, 1.54) is 0 Å².